The number of pyridine rings is 1. The fraction of sp³-hybridized carbons (Fsp3) is 0.192. The van der Waals surface area contributed by atoms with Crippen molar-refractivity contribution in [3.05, 3.63) is 83.7 Å². The molecular weight excluding hydrogens is 510 g/mol. The van der Waals surface area contributed by atoms with E-state index in [0.717, 1.165) is 11.3 Å². The van der Waals surface area contributed by atoms with Gasteiger partial charge in [0.05, 0.1) is 10.4 Å². The van der Waals surface area contributed by atoms with Crippen LogP contribution in [0.15, 0.2) is 66.9 Å². The van der Waals surface area contributed by atoms with Crippen LogP contribution in [0.5, 0.6) is 11.6 Å². The standard InChI is InChI=1S/C26H21F4N3O3S/c1-2-6-18(27)17-7-3-4-9-20(17)36-23-19(8-5-14-31-23)32-25-33-22(26(28,29)30)21(37-25)15-10-12-16(13-11-15)24(34)35/h3-5,7-14,18H,2,6H2,1H3,(H,32,33)(H,34,35). The number of aromatic carboxylic acids is 1. The van der Waals surface area contributed by atoms with Crippen molar-refractivity contribution in [3.8, 4) is 22.1 Å². The molecule has 0 saturated carbocycles. The number of ether oxygens (including phenoxy) is 1. The number of aromatic nitrogens is 2. The summed E-state index contributed by atoms with van der Waals surface area (Å²) in [6.45, 7) is 1.87. The lowest BCUT2D eigenvalue weighted by atomic mass is 10.1. The van der Waals surface area contributed by atoms with E-state index in [1.165, 1.54) is 30.5 Å². The predicted octanol–water partition coefficient (Wildman–Crippen LogP) is 8.27. The zero-order valence-corrected chi connectivity index (χ0v) is 20.2. The molecule has 2 heterocycles. The summed E-state index contributed by atoms with van der Waals surface area (Å²) < 4.78 is 61.9. The van der Waals surface area contributed by atoms with Gasteiger partial charge in [0, 0.05) is 11.8 Å². The smallest absolute Gasteiger partial charge is 0.434 e. The SMILES string of the molecule is CCCC(F)c1ccccc1Oc1ncccc1Nc1nc(C(F)(F)F)c(-c2ccc(C(=O)O)cc2)s1. The van der Waals surface area contributed by atoms with Crippen LogP contribution in [0.2, 0.25) is 0 Å². The van der Waals surface area contributed by atoms with Crippen LogP contribution < -0.4 is 10.1 Å². The molecule has 0 spiro atoms. The van der Waals surface area contributed by atoms with E-state index >= 15 is 0 Å². The van der Waals surface area contributed by atoms with Gasteiger partial charge in [0.2, 0.25) is 5.88 Å². The largest absolute Gasteiger partial charge is 0.478 e. The molecule has 0 bridgehead atoms. The van der Waals surface area contributed by atoms with Crippen LogP contribution in [0.25, 0.3) is 10.4 Å². The second kappa shape index (κ2) is 11.0. The van der Waals surface area contributed by atoms with E-state index in [1.54, 1.807) is 36.4 Å². The maximum absolute atomic E-state index is 14.7. The van der Waals surface area contributed by atoms with Gasteiger partial charge in [0.25, 0.3) is 0 Å². The number of nitrogens with one attached hydrogen (secondary N) is 1. The molecule has 1 atom stereocenters. The summed E-state index contributed by atoms with van der Waals surface area (Å²) in [5.74, 6) is -0.900. The summed E-state index contributed by atoms with van der Waals surface area (Å²) in [4.78, 5) is 18.8. The number of hydrogen-bond acceptors (Lipinski definition) is 6. The third-order valence-corrected chi connectivity index (χ3v) is 6.33. The van der Waals surface area contributed by atoms with Gasteiger partial charge in [-0.2, -0.15) is 13.2 Å². The minimum atomic E-state index is -4.75. The fourth-order valence-electron chi connectivity index (χ4n) is 3.55. The van der Waals surface area contributed by atoms with Gasteiger partial charge >= 0.3 is 12.1 Å². The fourth-order valence-corrected chi connectivity index (χ4v) is 4.56. The highest BCUT2D eigenvalue weighted by molar-refractivity contribution is 7.19. The van der Waals surface area contributed by atoms with Crippen molar-refractivity contribution in [2.75, 3.05) is 5.32 Å². The molecule has 11 heteroatoms. The second-order valence-electron chi connectivity index (χ2n) is 7.95. The number of benzene rings is 2. The van der Waals surface area contributed by atoms with Crippen molar-refractivity contribution in [1.82, 2.24) is 9.97 Å². The summed E-state index contributed by atoms with van der Waals surface area (Å²) in [6.07, 6.45) is -3.60. The third-order valence-electron chi connectivity index (χ3n) is 5.31. The van der Waals surface area contributed by atoms with E-state index in [9.17, 15) is 22.4 Å². The first-order valence-corrected chi connectivity index (χ1v) is 12.0. The molecule has 4 rings (SSSR count). The Labute approximate surface area is 213 Å². The molecule has 1 unspecified atom stereocenters. The summed E-state index contributed by atoms with van der Waals surface area (Å²) in [6, 6.07) is 14.8. The van der Waals surface area contributed by atoms with Crippen molar-refractivity contribution in [2.45, 2.75) is 32.1 Å². The van der Waals surface area contributed by atoms with Crippen LogP contribution in [-0.4, -0.2) is 21.0 Å². The summed E-state index contributed by atoms with van der Waals surface area (Å²) in [5, 5.41) is 11.8. The van der Waals surface area contributed by atoms with E-state index in [4.69, 9.17) is 9.84 Å². The molecule has 0 radical (unpaired) electrons. The van der Waals surface area contributed by atoms with Crippen LogP contribution in [0.3, 0.4) is 0 Å². The zero-order chi connectivity index (χ0) is 26.6. The molecule has 2 aromatic carbocycles. The average Bonchev–Trinajstić information content (AvgIpc) is 3.30. The normalized spacial score (nSPS) is 12.2. The van der Waals surface area contributed by atoms with Crippen LogP contribution >= 0.6 is 11.3 Å². The van der Waals surface area contributed by atoms with E-state index in [1.807, 2.05) is 6.92 Å². The highest BCUT2D eigenvalue weighted by Crippen LogP contribution is 2.43. The Morgan fingerprint density at radius 1 is 1.11 bits per heavy atom. The molecule has 2 N–H and O–H groups in total. The van der Waals surface area contributed by atoms with Gasteiger partial charge in [-0.05, 0) is 42.3 Å². The first kappa shape index (κ1) is 26.1. The van der Waals surface area contributed by atoms with Gasteiger partial charge in [-0.25, -0.2) is 19.2 Å². The monoisotopic (exact) mass is 531 g/mol. The molecular formula is C26H21F4N3O3S. The Morgan fingerprint density at radius 2 is 1.84 bits per heavy atom. The molecule has 0 saturated heterocycles. The Morgan fingerprint density at radius 3 is 2.51 bits per heavy atom. The highest BCUT2D eigenvalue weighted by Gasteiger charge is 2.38. The topological polar surface area (TPSA) is 84.3 Å². The van der Waals surface area contributed by atoms with Gasteiger partial charge in [-0.1, -0.05) is 55.0 Å². The number of alkyl halides is 4. The van der Waals surface area contributed by atoms with Crippen molar-refractivity contribution in [1.29, 1.82) is 0 Å². The van der Waals surface area contributed by atoms with E-state index in [-0.39, 0.29) is 38.5 Å². The van der Waals surface area contributed by atoms with Crippen LogP contribution in [0.1, 0.15) is 47.6 Å². The minimum absolute atomic E-state index is 0.0368. The maximum atomic E-state index is 14.7. The molecule has 37 heavy (non-hydrogen) atoms. The number of rotatable bonds is 9. The van der Waals surface area contributed by atoms with Crippen molar-refractivity contribution in [3.63, 3.8) is 0 Å². The quantitative estimate of drug-likeness (QED) is 0.212. The lowest BCUT2D eigenvalue weighted by Crippen LogP contribution is -2.07. The van der Waals surface area contributed by atoms with Gasteiger partial charge in [-0.3, -0.25) is 0 Å². The van der Waals surface area contributed by atoms with E-state index in [2.05, 4.69) is 15.3 Å². The number of para-hydroxylation sites is 1. The number of carboxylic acid groups (broad SMARTS) is 1. The Bertz CT molecular complexity index is 1390. The lowest BCUT2D eigenvalue weighted by Gasteiger charge is -2.15. The van der Waals surface area contributed by atoms with Crippen molar-refractivity contribution in [2.24, 2.45) is 0 Å². The van der Waals surface area contributed by atoms with E-state index < -0.39 is 24.0 Å². The molecule has 6 nitrogen and oxygen atoms in total. The van der Waals surface area contributed by atoms with Crippen LogP contribution in [0, 0.1) is 0 Å². The number of carbonyl (C=O) groups is 1. The third kappa shape index (κ3) is 6.05. The molecule has 0 aliphatic heterocycles. The van der Waals surface area contributed by atoms with E-state index in [0.29, 0.717) is 18.4 Å². The summed E-state index contributed by atoms with van der Waals surface area (Å²) >= 11 is 0.745. The minimum Gasteiger partial charge on any atom is -0.478 e. The molecule has 2 aromatic heterocycles. The van der Waals surface area contributed by atoms with Crippen LogP contribution in [0.4, 0.5) is 28.4 Å². The first-order valence-electron chi connectivity index (χ1n) is 11.2. The number of carboxylic acids is 1. The zero-order valence-electron chi connectivity index (χ0n) is 19.4. The molecule has 4 aromatic rings. The molecule has 0 aliphatic carbocycles. The van der Waals surface area contributed by atoms with Crippen molar-refractivity contribution >= 4 is 28.1 Å². The number of nitrogens with zero attached hydrogens (tertiary/aromatic N) is 2. The Balaban J connectivity index is 1.67. The number of hydrogen-bond donors (Lipinski definition) is 2. The van der Waals surface area contributed by atoms with Crippen LogP contribution in [-0.2, 0) is 6.18 Å². The number of halogens is 4. The van der Waals surface area contributed by atoms with Crippen molar-refractivity contribution < 1.29 is 32.2 Å². The summed E-state index contributed by atoms with van der Waals surface area (Å²) in [7, 11) is 0. The molecule has 0 fully saturated rings. The molecule has 0 aliphatic rings. The second-order valence-corrected chi connectivity index (χ2v) is 8.95. The number of thiazole rings is 1. The average molecular weight is 532 g/mol. The Kier molecular flexibility index (Phi) is 7.72. The summed E-state index contributed by atoms with van der Waals surface area (Å²) in [5.41, 5.74) is -0.406. The maximum Gasteiger partial charge on any atom is 0.434 e. The van der Waals surface area contributed by atoms with Gasteiger partial charge < -0.3 is 15.2 Å². The lowest BCUT2D eigenvalue weighted by molar-refractivity contribution is -0.140. The molecule has 0 amide bonds. The first-order chi connectivity index (χ1) is 17.7. The van der Waals surface area contributed by atoms with Gasteiger partial charge in [-0.15, -0.1) is 0 Å². The Hall–Kier alpha value is -3.99. The predicted molar refractivity (Wildman–Crippen MR) is 132 cm³/mol. The molecule has 192 valence electrons. The van der Waals surface area contributed by atoms with Gasteiger partial charge in [0.15, 0.2) is 10.8 Å². The highest BCUT2D eigenvalue weighted by atomic mass is 32.1. The van der Waals surface area contributed by atoms with Gasteiger partial charge in [0.1, 0.15) is 17.6 Å². The number of anilines is 2.